The molecular weight excluding hydrogens is 303 g/mol. The molecule has 1 aromatic carbocycles. The Bertz CT molecular complexity index is 825. The van der Waals surface area contributed by atoms with Crippen molar-refractivity contribution >= 4 is 21.2 Å². The number of nitrogens with zero attached hydrogens (tertiary/aromatic N) is 1. The van der Waals surface area contributed by atoms with Gasteiger partial charge in [0.15, 0.2) is 0 Å². The predicted molar refractivity (Wildman–Crippen MR) is 82.7 cm³/mol. The van der Waals surface area contributed by atoms with Crippen LogP contribution in [0.25, 0.3) is 11.1 Å². The predicted octanol–water partition coefficient (Wildman–Crippen LogP) is 2.96. The van der Waals surface area contributed by atoms with E-state index in [0.717, 1.165) is 41.7 Å². The number of hydrogen-bond acceptors (Lipinski definition) is 3. The van der Waals surface area contributed by atoms with Gasteiger partial charge in [-0.1, -0.05) is 12.1 Å². The molecule has 0 spiro atoms. The maximum atomic E-state index is 13.0. The number of halogens is 1. The number of nitrogens with two attached hydrogens (primary N) is 1. The molecule has 0 fully saturated rings. The van der Waals surface area contributed by atoms with Crippen LogP contribution < -0.4 is 5.14 Å². The summed E-state index contributed by atoms with van der Waals surface area (Å²) in [5.41, 5.74) is 3.93. The molecule has 0 amide bonds. The topological polar surface area (TPSA) is 73.1 Å². The maximum Gasteiger partial charge on any atom is 0.238 e. The second kappa shape index (κ2) is 5.62. The Morgan fingerprint density at radius 2 is 1.68 bits per heavy atom. The van der Waals surface area contributed by atoms with E-state index in [1.54, 1.807) is 18.2 Å². The summed E-state index contributed by atoms with van der Waals surface area (Å²) >= 11 is 0. The van der Waals surface area contributed by atoms with E-state index in [9.17, 15) is 12.8 Å². The van der Waals surface area contributed by atoms with Crippen LogP contribution in [0.5, 0.6) is 0 Å². The molecule has 0 saturated carbocycles. The fourth-order valence-corrected chi connectivity index (χ4v) is 3.26. The summed E-state index contributed by atoms with van der Waals surface area (Å²) in [7, 11) is -3.68. The Morgan fingerprint density at radius 3 is 2.27 bits per heavy atom. The van der Waals surface area contributed by atoms with E-state index in [1.807, 2.05) is 0 Å². The van der Waals surface area contributed by atoms with E-state index >= 15 is 0 Å². The zero-order valence-corrected chi connectivity index (χ0v) is 12.6. The lowest BCUT2D eigenvalue weighted by Gasteiger charge is -2.08. The Balaban J connectivity index is 2.01. The van der Waals surface area contributed by atoms with Crippen LogP contribution in [-0.4, -0.2) is 13.4 Å². The molecular formula is C16H15FN2O2S. The third kappa shape index (κ3) is 2.93. The van der Waals surface area contributed by atoms with E-state index in [1.165, 1.54) is 24.4 Å². The highest BCUT2D eigenvalue weighted by molar-refractivity contribution is 7.89. The summed E-state index contributed by atoms with van der Waals surface area (Å²) in [6.45, 7) is 0. The van der Waals surface area contributed by atoms with Gasteiger partial charge < -0.3 is 0 Å². The summed E-state index contributed by atoms with van der Waals surface area (Å²) in [4.78, 5) is 4.24. The van der Waals surface area contributed by atoms with E-state index in [4.69, 9.17) is 5.14 Å². The molecule has 1 aliphatic carbocycles. The second-order valence-electron chi connectivity index (χ2n) is 5.24. The highest BCUT2D eigenvalue weighted by atomic mass is 32.2. The first-order valence-corrected chi connectivity index (χ1v) is 8.47. The average Bonchev–Trinajstić information content (AvgIpc) is 2.97. The maximum absolute atomic E-state index is 13.0. The van der Waals surface area contributed by atoms with Gasteiger partial charge in [-0.15, -0.1) is 0 Å². The second-order valence-corrected chi connectivity index (χ2v) is 6.80. The van der Waals surface area contributed by atoms with Crippen LogP contribution in [0, 0.1) is 5.82 Å². The molecule has 0 bridgehead atoms. The Hall–Kier alpha value is -2.05. The number of hydrogen-bond donors (Lipinski definition) is 1. The molecule has 0 saturated heterocycles. The van der Waals surface area contributed by atoms with Crippen molar-refractivity contribution in [2.45, 2.75) is 24.2 Å². The number of aromatic nitrogens is 1. The number of rotatable bonds is 3. The van der Waals surface area contributed by atoms with Gasteiger partial charge in [-0.3, -0.25) is 4.98 Å². The first kappa shape index (κ1) is 14.9. The molecule has 1 aromatic heterocycles. The normalized spacial score (nSPS) is 15.4. The average molecular weight is 318 g/mol. The number of primary sulfonamides is 1. The zero-order chi connectivity index (χ0) is 15.7. The van der Waals surface area contributed by atoms with Gasteiger partial charge in [-0.25, -0.2) is 17.9 Å². The summed E-state index contributed by atoms with van der Waals surface area (Å²) < 4.78 is 35.6. The molecule has 1 aliphatic rings. The van der Waals surface area contributed by atoms with Gasteiger partial charge in [-0.2, -0.15) is 0 Å². The van der Waals surface area contributed by atoms with Gasteiger partial charge in [0.25, 0.3) is 0 Å². The van der Waals surface area contributed by atoms with Crippen LogP contribution in [0.15, 0.2) is 47.5 Å². The van der Waals surface area contributed by atoms with E-state index in [0.29, 0.717) is 0 Å². The van der Waals surface area contributed by atoms with Crippen molar-refractivity contribution < 1.29 is 12.8 Å². The van der Waals surface area contributed by atoms with Crippen LogP contribution in [0.3, 0.4) is 0 Å². The highest BCUT2D eigenvalue weighted by Crippen LogP contribution is 2.39. The summed E-state index contributed by atoms with van der Waals surface area (Å²) in [6.07, 6.45) is 3.98. The van der Waals surface area contributed by atoms with Crippen molar-refractivity contribution in [3.63, 3.8) is 0 Å². The van der Waals surface area contributed by atoms with Crippen molar-refractivity contribution in [3.05, 3.63) is 59.7 Å². The molecule has 6 heteroatoms. The molecule has 3 rings (SSSR count). The number of allylic oxidation sites excluding steroid dienone is 2. The number of benzene rings is 1. The van der Waals surface area contributed by atoms with Gasteiger partial charge in [0.05, 0.1) is 16.8 Å². The summed E-state index contributed by atoms with van der Waals surface area (Å²) in [5, 5.41) is 5.11. The van der Waals surface area contributed by atoms with Gasteiger partial charge in [0.2, 0.25) is 10.0 Å². The molecule has 0 unspecified atom stereocenters. The highest BCUT2D eigenvalue weighted by Gasteiger charge is 2.19. The number of pyridine rings is 1. The lowest BCUT2D eigenvalue weighted by molar-refractivity contribution is 0.598. The summed E-state index contributed by atoms with van der Waals surface area (Å²) in [5.74, 6) is -0.360. The minimum absolute atomic E-state index is 0.0938. The van der Waals surface area contributed by atoms with Crippen molar-refractivity contribution in [3.8, 4) is 0 Å². The summed E-state index contributed by atoms with van der Waals surface area (Å²) in [6, 6.07) is 9.59. The monoisotopic (exact) mass is 318 g/mol. The van der Waals surface area contributed by atoms with E-state index in [2.05, 4.69) is 4.98 Å². The largest absolute Gasteiger partial charge is 0.254 e. The number of sulfonamides is 1. The van der Waals surface area contributed by atoms with Gasteiger partial charge in [0.1, 0.15) is 5.82 Å². The lowest BCUT2D eigenvalue weighted by Crippen LogP contribution is -2.11. The molecule has 2 N–H and O–H groups in total. The molecule has 114 valence electrons. The van der Waals surface area contributed by atoms with Gasteiger partial charge in [0, 0.05) is 0 Å². The van der Waals surface area contributed by atoms with Gasteiger partial charge >= 0.3 is 0 Å². The van der Waals surface area contributed by atoms with Crippen LogP contribution >= 0.6 is 0 Å². The first-order chi connectivity index (χ1) is 10.4. The Morgan fingerprint density at radius 1 is 1.00 bits per heavy atom. The van der Waals surface area contributed by atoms with Crippen LogP contribution in [0.2, 0.25) is 0 Å². The van der Waals surface area contributed by atoms with Crippen LogP contribution in [-0.2, 0) is 10.0 Å². The van der Waals surface area contributed by atoms with Crippen molar-refractivity contribution in [2.75, 3.05) is 0 Å². The Labute approximate surface area is 128 Å². The third-order valence-electron chi connectivity index (χ3n) is 3.79. The van der Waals surface area contributed by atoms with E-state index < -0.39 is 10.0 Å². The molecule has 0 atom stereocenters. The zero-order valence-electron chi connectivity index (χ0n) is 11.8. The van der Waals surface area contributed by atoms with Crippen molar-refractivity contribution in [2.24, 2.45) is 5.14 Å². The minimum atomic E-state index is -3.68. The molecule has 0 radical (unpaired) electrons. The van der Waals surface area contributed by atoms with Crippen LogP contribution in [0.4, 0.5) is 4.39 Å². The lowest BCUT2D eigenvalue weighted by atomic mass is 10.00. The van der Waals surface area contributed by atoms with E-state index in [-0.39, 0.29) is 10.7 Å². The first-order valence-electron chi connectivity index (χ1n) is 6.92. The molecule has 22 heavy (non-hydrogen) atoms. The standard InChI is InChI=1S/C16H15FN2O2S/c17-12-6-9-16(19-10-12)15-3-1-2-14(15)11-4-7-13(8-5-11)22(18,20)21/h4-10H,1-3H2,(H2,18,20,21). The fraction of sp³-hybridized carbons (Fsp3) is 0.188. The van der Waals surface area contributed by atoms with Crippen molar-refractivity contribution in [1.82, 2.24) is 4.98 Å². The SMILES string of the molecule is NS(=O)(=O)c1ccc(C2=C(c3ccc(F)cn3)CCC2)cc1. The van der Waals surface area contributed by atoms with Gasteiger partial charge in [-0.05, 0) is 60.2 Å². The third-order valence-corrected chi connectivity index (χ3v) is 4.71. The quantitative estimate of drug-likeness (QED) is 0.945. The fourth-order valence-electron chi connectivity index (χ4n) is 2.75. The van der Waals surface area contributed by atoms with Crippen LogP contribution in [0.1, 0.15) is 30.5 Å². The smallest absolute Gasteiger partial charge is 0.238 e. The minimum Gasteiger partial charge on any atom is -0.254 e. The molecule has 1 heterocycles. The van der Waals surface area contributed by atoms with Crippen molar-refractivity contribution in [1.29, 1.82) is 0 Å². The molecule has 0 aliphatic heterocycles. The Kier molecular flexibility index (Phi) is 3.80. The molecule has 2 aromatic rings. The molecule has 4 nitrogen and oxygen atoms in total.